The fourth-order valence-electron chi connectivity index (χ4n) is 4.46. The Kier molecular flexibility index (Phi) is 13.9. The molecule has 0 aliphatic carbocycles. The number of phenolic OH excluding ortho intramolecular Hbond substituents is 1. The van der Waals surface area contributed by atoms with Crippen LogP contribution in [-0.4, -0.2) is 11.1 Å². The van der Waals surface area contributed by atoms with E-state index in [0.717, 1.165) is 24.0 Å². The highest BCUT2D eigenvalue weighted by Crippen LogP contribution is 2.41. The molecular formula is C31H54O3. The van der Waals surface area contributed by atoms with Crippen LogP contribution in [0.3, 0.4) is 0 Å². The second kappa shape index (κ2) is 15.5. The van der Waals surface area contributed by atoms with Crippen molar-refractivity contribution in [3.05, 3.63) is 23.3 Å². The number of carbonyl (C=O) groups excluding carboxylic acids is 1. The van der Waals surface area contributed by atoms with E-state index in [0.29, 0.717) is 17.9 Å². The maximum Gasteiger partial charge on any atom is 0.311 e. The van der Waals surface area contributed by atoms with Crippen molar-refractivity contribution in [2.75, 3.05) is 0 Å². The van der Waals surface area contributed by atoms with E-state index < -0.39 is 0 Å². The molecule has 1 rings (SSSR count). The average Bonchev–Trinajstić information content (AvgIpc) is 2.73. The zero-order valence-electron chi connectivity index (χ0n) is 23.5. The van der Waals surface area contributed by atoms with E-state index >= 15 is 0 Å². The van der Waals surface area contributed by atoms with E-state index in [4.69, 9.17) is 4.74 Å². The number of esters is 1. The van der Waals surface area contributed by atoms with Crippen LogP contribution in [0, 0.1) is 0 Å². The Hall–Kier alpha value is -1.51. The minimum Gasteiger partial charge on any atom is -0.507 e. The number of hydrogen-bond acceptors (Lipinski definition) is 3. The van der Waals surface area contributed by atoms with E-state index in [1.54, 1.807) is 0 Å². The van der Waals surface area contributed by atoms with Gasteiger partial charge in [0, 0.05) is 17.5 Å². The summed E-state index contributed by atoms with van der Waals surface area (Å²) in [6.45, 7) is 14.7. The van der Waals surface area contributed by atoms with Gasteiger partial charge in [-0.25, -0.2) is 0 Å². The Labute approximate surface area is 211 Å². The summed E-state index contributed by atoms with van der Waals surface area (Å²) in [6, 6.07) is 3.65. The summed E-state index contributed by atoms with van der Waals surface area (Å²) < 4.78 is 5.70. The number of carbonyl (C=O) groups is 1. The van der Waals surface area contributed by atoms with Gasteiger partial charge in [-0.2, -0.15) is 0 Å². The van der Waals surface area contributed by atoms with Crippen molar-refractivity contribution in [3.63, 3.8) is 0 Å². The molecule has 0 saturated carbocycles. The Bertz CT molecular complexity index is 671. The van der Waals surface area contributed by atoms with E-state index in [1.807, 2.05) is 12.1 Å². The van der Waals surface area contributed by atoms with Gasteiger partial charge in [0.25, 0.3) is 0 Å². The van der Waals surface area contributed by atoms with Crippen LogP contribution >= 0.6 is 0 Å². The zero-order valence-corrected chi connectivity index (χ0v) is 23.5. The van der Waals surface area contributed by atoms with E-state index in [-0.39, 0.29) is 16.8 Å². The summed E-state index contributed by atoms with van der Waals surface area (Å²) in [7, 11) is 0. The molecule has 0 atom stereocenters. The number of ether oxygens (including phenoxy) is 1. The zero-order chi connectivity index (χ0) is 25.6. The fourth-order valence-corrected chi connectivity index (χ4v) is 4.46. The van der Waals surface area contributed by atoms with E-state index in [2.05, 4.69) is 48.5 Å². The number of unbranched alkanes of at least 4 members (excludes halogenated alkanes) is 13. The monoisotopic (exact) mass is 474 g/mol. The van der Waals surface area contributed by atoms with Crippen LogP contribution in [0.25, 0.3) is 0 Å². The summed E-state index contributed by atoms with van der Waals surface area (Å²) >= 11 is 0. The predicted molar refractivity (Wildman–Crippen MR) is 146 cm³/mol. The average molecular weight is 475 g/mol. The molecule has 0 aliphatic rings. The van der Waals surface area contributed by atoms with Gasteiger partial charge in [0.15, 0.2) is 0 Å². The second-order valence-corrected chi connectivity index (χ2v) is 12.2. The third kappa shape index (κ3) is 12.3. The highest BCUT2D eigenvalue weighted by molar-refractivity contribution is 5.72. The summed E-state index contributed by atoms with van der Waals surface area (Å²) in [4.78, 5) is 12.5. The number of aromatic hydroxyl groups is 1. The third-order valence-corrected chi connectivity index (χ3v) is 6.67. The molecule has 3 nitrogen and oxygen atoms in total. The van der Waals surface area contributed by atoms with E-state index in [1.165, 1.54) is 77.0 Å². The first-order valence-electron chi connectivity index (χ1n) is 14.1. The van der Waals surface area contributed by atoms with Crippen LogP contribution in [0.2, 0.25) is 0 Å². The molecule has 0 saturated heterocycles. The first-order chi connectivity index (χ1) is 16.0. The highest BCUT2D eigenvalue weighted by Gasteiger charge is 2.27. The predicted octanol–water partition coefficient (Wildman–Crippen LogP) is 9.76. The molecule has 0 unspecified atom stereocenters. The van der Waals surface area contributed by atoms with Gasteiger partial charge < -0.3 is 9.84 Å². The van der Waals surface area contributed by atoms with Crippen molar-refractivity contribution in [2.45, 2.75) is 156 Å². The SMILES string of the molecule is CCCCCCCCCCCCCCCCC(=O)Oc1cc(C(C)(C)C)c(O)c(C(C)(C)C)c1. The van der Waals surface area contributed by atoms with Gasteiger partial charge in [-0.1, -0.05) is 132 Å². The molecule has 0 radical (unpaired) electrons. The van der Waals surface area contributed by atoms with Crippen LogP contribution in [0.1, 0.15) is 156 Å². The van der Waals surface area contributed by atoms with E-state index in [9.17, 15) is 9.90 Å². The van der Waals surface area contributed by atoms with Gasteiger partial charge in [0.2, 0.25) is 0 Å². The van der Waals surface area contributed by atoms with Gasteiger partial charge >= 0.3 is 5.97 Å². The van der Waals surface area contributed by atoms with Crippen molar-refractivity contribution < 1.29 is 14.6 Å². The molecule has 0 aromatic heterocycles. The van der Waals surface area contributed by atoms with Crippen LogP contribution < -0.4 is 4.74 Å². The largest absolute Gasteiger partial charge is 0.507 e. The molecule has 0 bridgehead atoms. The molecule has 0 heterocycles. The van der Waals surface area contributed by atoms with Gasteiger partial charge in [0.1, 0.15) is 11.5 Å². The molecule has 0 fully saturated rings. The Morgan fingerprint density at radius 2 is 1.03 bits per heavy atom. The molecule has 3 heteroatoms. The quantitative estimate of drug-likeness (QED) is 0.147. The van der Waals surface area contributed by atoms with Crippen molar-refractivity contribution in [1.82, 2.24) is 0 Å². The van der Waals surface area contributed by atoms with Crippen LogP contribution in [0.15, 0.2) is 12.1 Å². The molecule has 0 amide bonds. The second-order valence-electron chi connectivity index (χ2n) is 12.2. The molecule has 34 heavy (non-hydrogen) atoms. The summed E-state index contributed by atoms with van der Waals surface area (Å²) in [5.41, 5.74) is 1.17. The molecule has 196 valence electrons. The molecule has 0 spiro atoms. The third-order valence-electron chi connectivity index (χ3n) is 6.67. The maximum atomic E-state index is 12.5. The fraction of sp³-hybridized carbons (Fsp3) is 0.774. The van der Waals surface area contributed by atoms with Gasteiger partial charge in [-0.15, -0.1) is 0 Å². The van der Waals surface area contributed by atoms with Gasteiger partial charge in [0.05, 0.1) is 0 Å². The topological polar surface area (TPSA) is 46.5 Å². The molecule has 1 aromatic rings. The normalized spacial score (nSPS) is 12.2. The Morgan fingerprint density at radius 1 is 0.676 bits per heavy atom. The van der Waals surface area contributed by atoms with Crippen LogP contribution in [0.5, 0.6) is 11.5 Å². The van der Waals surface area contributed by atoms with Gasteiger partial charge in [-0.3, -0.25) is 4.79 Å². The number of hydrogen-bond donors (Lipinski definition) is 1. The summed E-state index contributed by atoms with van der Waals surface area (Å²) in [6.07, 6.45) is 18.7. The summed E-state index contributed by atoms with van der Waals surface area (Å²) in [5.74, 6) is 0.680. The lowest BCUT2D eigenvalue weighted by molar-refractivity contribution is -0.134. The maximum absolute atomic E-state index is 12.5. The first-order valence-corrected chi connectivity index (χ1v) is 14.1. The number of rotatable bonds is 16. The molecule has 0 aliphatic heterocycles. The smallest absolute Gasteiger partial charge is 0.311 e. The highest BCUT2D eigenvalue weighted by atomic mass is 16.5. The molecule has 1 N–H and O–H groups in total. The van der Waals surface area contributed by atoms with Crippen molar-refractivity contribution in [3.8, 4) is 11.5 Å². The Balaban J connectivity index is 2.29. The van der Waals surface area contributed by atoms with Crippen molar-refractivity contribution in [1.29, 1.82) is 0 Å². The first kappa shape index (κ1) is 30.5. The Morgan fingerprint density at radius 3 is 1.38 bits per heavy atom. The van der Waals surface area contributed by atoms with Crippen LogP contribution in [-0.2, 0) is 15.6 Å². The van der Waals surface area contributed by atoms with Crippen molar-refractivity contribution in [2.24, 2.45) is 0 Å². The van der Waals surface area contributed by atoms with Crippen LogP contribution in [0.4, 0.5) is 0 Å². The number of benzene rings is 1. The van der Waals surface area contributed by atoms with Gasteiger partial charge in [-0.05, 0) is 29.4 Å². The van der Waals surface area contributed by atoms with Crippen molar-refractivity contribution >= 4 is 5.97 Å². The standard InChI is InChI=1S/C31H54O3/c1-8-9-10-11-12-13-14-15-16-17-18-19-20-21-22-28(32)34-25-23-26(30(2,3)4)29(33)27(24-25)31(5,6)7/h23-24,33H,8-22H2,1-7H3. The molecular weight excluding hydrogens is 420 g/mol. The minimum absolute atomic E-state index is 0.177. The lowest BCUT2D eigenvalue weighted by Crippen LogP contribution is -2.18. The summed E-state index contributed by atoms with van der Waals surface area (Å²) in [5, 5.41) is 10.8. The number of phenols is 1. The molecule has 1 aromatic carbocycles. The lowest BCUT2D eigenvalue weighted by atomic mass is 9.79. The lowest BCUT2D eigenvalue weighted by Gasteiger charge is -2.27. The minimum atomic E-state index is -0.235.